The maximum atomic E-state index is 10.7. The minimum absolute atomic E-state index is 0.0203. The average Bonchev–Trinajstić information content (AvgIpc) is 2.66. The first-order valence-corrected chi connectivity index (χ1v) is 6.05. The second-order valence-electron chi connectivity index (χ2n) is 3.57. The van der Waals surface area contributed by atoms with Gasteiger partial charge in [-0.1, -0.05) is 27.5 Å². The zero-order valence-electron chi connectivity index (χ0n) is 9.01. The van der Waals surface area contributed by atoms with Crippen molar-refractivity contribution in [3.05, 3.63) is 49.6 Å². The minimum Gasteiger partial charge on any atom is -0.378 e. The van der Waals surface area contributed by atoms with E-state index in [1.807, 2.05) is 0 Å². The van der Waals surface area contributed by atoms with Crippen molar-refractivity contribution in [1.29, 1.82) is 0 Å². The fraction of sp³-hybridized carbons (Fsp3) is 0.100. The smallest absolute Gasteiger partial charge is 0.330 e. The maximum absolute atomic E-state index is 10.7. The summed E-state index contributed by atoms with van der Waals surface area (Å²) >= 11 is 9.26. The molecule has 2 rings (SSSR count). The summed E-state index contributed by atoms with van der Waals surface area (Å²) in [6.07, 6.45) is 1.13. The summed E-state index contributed by atoms with van der Waals surface area (Å²) in [5, 5.41) is 15.1. The van der Waals surface area contributed by atoms with Gasteiger partial charge in [0.05, 0.1) is 11.5 Å². The summed E-state index contributed by atoms with van der Waals surface area (Å²) in [5.74, 6) is 0.0203. The summed E-state index contributed by atoms with van der Waals surface area (Å²) in [4.78, 5) is 10.1. The van der Waals surface area contributed by atoms with Crippen LogP contribution in [0, 0.1) is 10.1 Å². The Labute approximate surface area is 116 Å². The summed E-state index contributed by atoms with van der Waals surface area (Å²) in [6, 6.07) is 5.29. The van der Waals surface area contributed by atoms with Gasteiger partial charge in [-0.05, 0) is 23.8 Å². The summed E-state index contributed by atoms with van der Waals surface area (Å²) in [5.41, 5.74) is 6.29. The van der Waals surface area contributed by atoms with Gasteiger partial charge in [0.1, 0.15) is 6.20 Å². The molecule has 1 aromatic carbocycles. The van der Waals surface area contributed by atoms with E-state index in [0.717, 1.165) is 16.2 Å². The van der Waals surface area contributed by atoms with Crippen molar-refractivity contribution in [2.45, 2.75) is 6.54 Å². The van der Waals surface area contributed by atoms with Crippen LogP contribution >= 0.6 is 27.5 Å². The topological polar surface area (TPSA) is 87.0 Å². The quantitative estimate of drug-likeness (QED) is 0.692. The van der Waals surface area contributed by atoms with Crippen molar-refractivity contribution < 1.29 is 4.92 Å². The Hall–Kier alpha value is -1.60. The van der Waals surface area contributed by atoms with Crippen LogP contribution in [0.2, 0.25) is 5.02 Å². The van der Waals surface area contributed by atoms with E-state index in [1.54, 1.807) is 18.2 Å². The lowest BCUT2D eigenvalue weighted by atomic mass is 10.2. The van der Waals surface area contributed by atoms with Crippen LogP contribution in [0.4, 0.5) is 11.5 Å². The Morgan fingerprint density at radius 1 is 1.56 bits per heavy atom. The van der Waals surface area contributed by atoms with Gasteiger partial charge in [-0.25, -0.2) is 4.68 Å². The number of hydrogen-bond acceptors (Lipinski definition) is 4. The van der Waals surface area contributed by atoms with Crippen LogP contribution < -0.4 is 5.73 Å². The van der Waals surface area contributed by atoms with Crippen molar-refractivity contribution in [2.75, 3.05) is 5.73 Å². The predicted octanol–water partition coefficient (Wildman–Crippen LogP) is 2.84. The molecule has 6 nitrogen and oxygen atoms in total. The molecule has 1 aromatic heterocycles. The first-order valence-electron chi connectivity index (χ1n) is 4.88. The van der Waals surface area contributed by atoms with Gasteiger partial charge < -0.3 is 5.73 Å². The number of nitrogen functional groups attached to an aromatic ring is 1. The summed E-state index contributed by atoms with van der Waals surface area (Å²) < 4.78 is 2.19. The molecule has 0 aliphatic rings. The fourth-order valence-electron chi connectivity index (χ4n) is 1.48. The van der Waals surface area contributed by atoms with Crippen molar-refractivity contribution in [1.82, 2.24) is 9.78 Å². The molecule has 0 spiro atoms. The second-order valence-corrected chi connectivity index (χ2v) is 4.86. The SMILES string of the molecule is Nc1c([N+](=O)[O-])cnn1Cc1cc(Cl)ccc1Br. The Balaban J connectivity index is 2.34. The molecule has 18 heavy (non-hydrogen) atoms. The van der Waals surface area contributed by atoms with Crippen LogP contribution in [0.5, 0.6) is 0 Å². The van der Waals surface area contributed by atoms with Gasteiger partial charge in [0.15, 0.2) is 0 Å². The average molecular weight is 332 g/mol. The standard InChI is InChI=1S/C10H8BrClN4O2/c11-8-2-1-7(12)3-6(8)5-15-10(13)9(4-14-15)16(17)18/h1-4H,5,13H2. The predicted molar refractivity (Wildman–Crippen MR) is 71.5 cm³/mol. The molecule has 0 saturated heterocycles. The fourth-order valence-corrected chi connectivity index (χ4v) is 2.04. The summed E-state index contributed by atoms with van der Waals surface area (Å²) in [7, 11) is 0. The number of halogens is 2. The third-order valence-corrected chi connectivity index (χ3v) is 3.39. The molecular weight excluding hydrogens is 323 g/mol. The zero-order chi connectivity index (χ0) is 13.3. The molecule has 94 valence electrons. The van der Waals surface area contributed by atoms with Crippen LogP contribution in [-0.2, 0) is 6.54 Å². The zero-order valence-corrected chi connectivity index (χ0v) is 11.3. The first-order chi connectivity index (χ1) is 8.49. The number of nitro groups is 1. The number of anilines is 1. The molecule has 0 fully saturated rings. The molecule has 0 saturated carbocycles. The molecular formula is C10H8BrClN4O2. The normalized spacial score (nSPS) is 10.6. The van der Waals surface area contributed by atoms with Crippen LogP contribution in [0.25, 0.3) is 0 Å². The third-order valence-electron chi connectivity index (χ3n) is 2.38. The molecule has 2 N–H and O–H groups in total. The number of nitrogens with two attached hydrogens (primary N) is 1. The Kier molecular flexibility index (Phi) is 3.53. The minimum atomic E-state index is -0.564. The van der Waals surface area contributed by atoms with Crippen LogP contribution in [-0.4, -0.2) is 14.7 Å². The molecule has 0 aliphatic heterocycles. The second kappa shape index (κ2) is 4.95. The third kappa shape index (κ3) is 2.46. The summed E-state index contributed by atoms with van der Waals surface area (Å²) in [6.45, 7) is 0.306. The molecule has 0 atom stereocenters. The number of nitrogens with zero attached hydrogens (tertiary/aromatic N) is 3. The molecule has 0 amide bonds. The largest absolute Gasteiger partial charge is 0.378 e. The van der Waals surface area contributed by atoms with E-state index >= 15 is 0 Å². The highest BCUT2D eigenvalue weighted by Gasteiger charge is 2.18. The highest BCUT2D eigenvalue weighted by Crippen LogP contribution is 2.25. The van der Waals surface area contributed by atoms with E-state index in [-0.39, 0.29) is 11.5 Å². The van der Waals surface area contributed by atoms with E-state index in [4.69, 9.17) is 17.3 Å². The van der Waals surface area contributed by atoms with Crippen LogP contribution in [0.1, 0.15) is 5.56 Å². The lowest BCUT2D eigenvalue weighted by Crippen LogP contribution is -2.07. The first kappa shape index (κ1) is 12.8. The van der Waals surface area contributed by atoms with Crippen LogP contribution in [0.15, 0.2) is 28.9 Å². The number of rotatable bonds is 3. The van der Waals surface area contributed by atoms with Gasteiger partial charge in [-0.15, -0.1) is 0 Å². The van der Waals surface area contributed by atoms with Crippen molar-refractivity contribution in [3.8, 4) is 0 Å². The van der Waals surface area contributed by atoms with Gasteiger partial charge in [0, 0.05) is 9.50 Å². The number of hydrogen-bond donors (Lipinski definition) is 1. The number of benzene rings is 1. The molecule has 0 bridgehead atoms. The lowest BCUT2D eigenvalue weighted by Gasteiger charge is -2.06. The Morgan fingerprint density at radius 2 is 2.28 bits per heavy atom. The van der Waals surface area contributed by atoms with Gasteiger partial charge in [-0.3, -0.25) is 10.1 Å². The Bertz CT molecular complexity index is 614. The molecule has 0 unspecified atom stereocenters. The van der Waals surface area contributed by atoms with Crippen molar-refractivity contribution >= 4 is 39.0 Å². The van der Waals surface area contributed by atoms with Gasteiger partial charge >= 0.3 is 5.69 Å². The van der Waals surface area contributed by atoms with E-state index in [9.17, 15) is 10.1 Å². The molecule has 0 radical (unpaired) electrons. The number of aromatic nitrogens is 2. The van der Waals surface area contributed by atoms with Gasteiger partial charge in [-0.2, -0.15) is 5.10 Å². The van der Waals surface area contributed by atoms with Crippen molar-refractivity contribution in [2.24, 2.45) is 0 Å². The van der Waals surface area contributed by atoms with Gasteiger partial charge in [0.2, 0.25) is 5.82 Å². The molecule has 2 aromatic rings. The highest BCUT2D eigenvalue weighted by atomic mass is 79.9. The molecule has 0 aliphatic carbocycles. The van der Waals surface area contributed by atoms with E-state index < -0.39 is 4.92 Å². The van der Waals surface area contributed by atoms with Crippen LogP contribution in [0.3, 0.4) is 0 Å². The highest BCUT2D eigenvalue weighted by molar-refractivity contribution is 9.10. The van der Waals surface area contributed by atoms with Crippen molar-refractivity contribution in [3.63, 3.8) is 0 Å². The van der Waals surface area contributed by atoms with Gasteiger partial charge in [0.25, 0.3) is 0 Å². The monoisotopic (exact) mass is 330 g/mol. The molecule has 1 heterocycles. The Morgan fingerprint density at radius 3 is 2.89 bits per heavy atom. The maximum Gasteiger partial charge on any atom is 0.330 e. The van der Waals surface area contributed by atoms with E-state index in [2.05, 4.69) is 21.0 Å². The van der Waals surface area contributed by atoms with E-state index in [1.165, 1.54) is 4.68 Å². The van der Waals surface area contributed by atoms with E-state index in [0.29, 0.717) is 11.6 Å². The lowest BCUT2D eigenvalue weighted by molar-refractivity contribution is -0.384. The molecule has 8 heteroatoms.